The van der Waals surface area contributed by atoms with Crippen LogP contribution in [-0.2, 0) is 0 Å². The molecule has 0 amide bonds. The summed E-state index contributed by atoms with van der Waals surface area (Å²) in [6.07, 6.45) is 3.45. The first kappa shape index (κ1) is 11.8. The second kappa shape index (κ2) is 4.78. The third-order valence-electron chi connectivity index (χ3n) is 2.94. The van der Waals surface area contributed by atoms with Gasteiger partial charge in [-0.05, 0) is 52.5 Å². The van der Waals surface area contributed by atoms with E-state index in [2.05, 4.69) is 15.9 Å². The van der Waals surface area contributed by atoms with E-state index in [1.54, 1.807) is 12.3 Å². The standard InChI is InChI=1S/C14H13BrO3/c15-14-12(6-7-17-14)13(16)9-2-1-3-11(8-9)18-10-4-5-10/h1-3,6-8,10,13,16H,4-5H2. The molecule has 1 aliphatic carbocycles. The number of rotatable bonds is 4. The molecular formula is C14H13BrO3. The average Bonchev–Trinajstić information content (AvgIpc) is 3.08. The minimum Gasteiger partial charge on any atom is -0.490 e. The van der Waals surface area contributed by atoms with Crippen molar-refractivity contribution in [3.05, 3.63) is 52.4 Å². The van der Waals surface area contributed by atoms with Crippen molar-refractivity contribution in [2.45, 2.75) is 25.0 Å². The van der Waals surface area contributed by atoms with Gasteiger partial charge in [-0.3, -0.25) is 0 Å². The number of hydrogen-bond acceptors (Lipinski definition) is 3. The fraction of sp³-hybridized carbons (Fsp3) is 0.286. The Morgan fingerprint density at radius 3 is 2.83 bits per heavy atom. The molecule has 1 unspecified atom stereocenters. The molecule has 3 rings (SSSR count). The van der Waals surface area contributed by atoms with Gasteiger partial charge in [-0.2, -0.15) is 0 Å². The number of halogens is 1. The third kappa shape index (κ3) is 2.44. The van der Waals surface area contributed by atoms with Gasteiger partial charge in [-0.1, -0.05) is 12.1 Å². The van der Waals surface area contributed by atoms with Crippen molar-refractivity contribution >= 4 is 15.9 Å². The van der Waals surface area contributed by atoms with Gasteiger partial charge in [0.05, 0.1) is 12.4 Å². The summed E-state index contributed by atoms with van der Waals surface area (Å²) in [5, 5.41) is 10.3. The molecule has 0 radical (unpaired) electrons. The molecule has 0 bridgehead atoms. The van der Waals surface area contributed by atoms with Gasteiger partial charge in [0.1, 0.15) is 11.9 Å². The minimum absolute atomic E-state index is 0.359. The minimum atomic E-state index is -0.708. The molecule has 1 fully saturated rings. The molecular weight excluding hydrogens is 296 g/mol. The van der Waals surface area contributed by atoms with Crippen molar-refractivity contribution in [1.29, 1.82) is 0 Å². The van der Waals surface area contributed by atoms with Crippen molar-refractivity contribution in [3.8, 4) is 5.75 Å². The summed E-state index contributed by atoms with van der Waals surface area (Å²) in [5.41, 5.74) is 1.52. The summed E-state index contributed by atoms with van der Waals surface area (Å²) in [6.45, 7) is 0. The van der Waals surface area contributed by atoms with Crippen molar-refractivity contribution in [3.63, 3.8) is 0 Å². The molecule has 4 heteroatoms. The van der Waals surface area contributed by atoms with Crippen LogP contribution in [0.4, 0.5) is 0 Å². The molecule has 1 aromatic heterocycles. The Morgan fingerprint density at radius 1 is 1.33 bits per heavy atom. The summed E-state index contributed by atoms with van der Waals surface area (Å²) in [6, 6.07) is 9.32. The predicted molar refractivity (Wildman–Crippen MR) is 70.6 cm³/mol. The first-order valence-electron chi connectivity index (χ1n) is 5.91. The van der Waals surface area contributed by atoms with Crippen LogP contribution in [0.15, 0.2) is 45.7 Å². The van der Waals surface area contributed by atoms with Crippen molar-refractivity contribution in [1.82, 2.24) is 0 Å². The molecule has 1 heterocycles. The molecule has 3 nitrogen and oxygen atoms in total. The van der Waals surface area contributed by atoms with Crippen LogP contribution in [0, 0.1) is 0 Å². The maximum Gasteiger partial charge on any atom is 0.175 e. The summed E-state index contributed by atoms with van der Waals surface area (Å²) in [4.78, 5) is 0. The fourth-order valence-corrected chi connectivity index (χ4v) is 2.27. The van der Waals surface area contributed by atoms with E-state index in [9.17, 15) is 5.11 Å². The Kier molecular flexibility index (Phi) is 3.14. The smallest absolute Gasteiger partial charge is 0.175 e. The molecule has 1 atom stereocenters. The van der Waals surface area contributed by atoms with Crippen LogP contribution in [0.5, 0.6) is 5.75 Å². The number of ether oxygens (including phenoxy) is 1. The number of aliphatic hydroxyl groups is 1. The second-order valence-electron chi connectivity index (χ2n) is 4.44. The van der Waals surface area contributed by atoms with E-state index in [1.807, 2.05) is 24.3 Å². The average molecular weight is 309 g/mol. The zero-order valence-electron chi connectivity index (χ0n) is 9.67. The van der Waals surface area contributed by atoms with Crippen LogP contribution >= 0.6 is 15.9 Å². The summed E-state index contributed by atoms with van der Waals surface area (Å²) in [5.74, 6) is 0.814. The lowest BCUT2D eigenvalue weighted by Gasteiger charge is -2.11. The van der Waals surface area contributed by atoms with Crippen LogP contribution in [-0.4, -0.2) is 11.2 Å². The highest BCUT2D eigenvalue weighted by Crippen LogP contribution is 2.32. The second-order valence-corrected chi connectivity index (χ2v) is 5.16. The summed E-state index contributed by atoms with van der Waals surface area (Å²) in [7, 11) is 0. The largest absolute Gasteiger partial charge is 0.490 e. The molecule has 0 aliphatic heterocycles. The van der Waals surface area contributed by atoms with Crippen LogP contribution < -0.4 is 4.74 Å². The van der Waals surface area contributed by atoms with E-state index in [-0.39, 0.29) is 0 Å². The monoisotopic (exact) mass is 308 g/mol. The van der Waals surface area contributed by atoms with Crippen molar-refractivity contribution in [2.75, 3.05) is 0 Å². The highest BCUT2D eigenvalue weighted by molar-refractivity contribution is 9.10. The highest BCUT2D eigenvalue weighted by Gasteiger charge is 2.24. The first-order valence-corrected chi connectivity index (χ1v) is 6.71. The van der Waals surface area contributed by atoms with Crippen molar-refractivity contribution < 1.29 is 14.3 Å². The van der Waals surface area contributed by atoms with E-state index in [0.29, 0.717) is 10.8 Å². The van der Waals surface area contributed by atoms with Crippen LogP contribution in [0.2, 0.25) is 0 Å². The fourth-order valence-electron chi connectivity index (χ4n) is 1.82. The molecule has 0 spiro atoms. The zero-order chi connectivity index (χ0) is 12.5. The van der Waals surface area contributed by atoms with Gasteiger partial charge < -0.3 is 14.3 Å². The normalized spacial score (nSPS) is 16.6. The third-order valence-corrected chi connectivity index (χ3v) is 3.59. The van der Waals surface area contributed by atoms with Crippen LogP contribution in [0.3, 0.4) is 0 Å². The van der Waals surface area contributed by atoms with Gasteiger partial charge in [0, 0.05) is 5.56 Å². The van der Waals surface area contributed by atoms with Crippen molar-refractivity contribution in [2.24, 2.45) is 0 Å². The van der Waals surface area contributed by atoms with Gasteiger partial charge in [-0.25, -0.2) is 0 Å². The molecule has 1 aromatic carbocycles. The summed E-state index contributed by atoms with van der Waals surface area (Å²) < 4.78 is 11.4. The molecule has 1 N–H and O–H groups in total. The number of hydrogen-bond donors (Lipinski definition) is 1. The quantitative estimate of drug-likeness (QED) is 0.937. The lowest BCUT2D eigenvalue weighted by Crippen LogP contribution is -2.01. The lowest BCUT2D eigenvalue weighted by molar-refractivity contribution is 0.216. The number of furan rings is 1. The SMILES string of the molecule is OC(c1cccc(OC2CC2)c1)c1ccoc1Br. The molecule has 1 aliphatic rings. The van der Waals surface area contributed by atoms with E-state index >= 15 is 0 Å². The molecule has 18 heavy (non-hydrogen) atoms. The molecule has 94 valence electrons. The Hall–Kier alpha value is -1.26. The van der Waals surface area contributed by atoms with E-state index < -0.39 is 6.10 Å². The Morgan fingerprint density at radius 2 is 2.17 bits per heavy atom. The first-order chi connectivity index (χ1) is 8.74. The lowest BCUT2D eigenvalue weighted by atomic mass is 10.0. The Bertz CT molecular complexity index is 545. The van der Waals surface area contributed by atoms with Gasteiger partial charge >= 0.3 is 0 Å². The summed E-state index contributed by atoms with van der Waals surface area (Å²) >= 11 is 3.28. The van der Waals surface area contributed by atoms with Gasteiger partial charge in [0.25, 0.3) is 0 Å². The Labute approximate surface area is 114 Å². The molecule has 2 aromatic rings. The number of aliphatic hydroxyl groups excluding tert-OH is 1. The zero-order valence-corrected chi connectivity index (χ0v) is 11.3. The predicted octanol–water partition coefficient (Wildman–Crippen LogP) is 3.67. The maximum absolute atomic E-state index is 10.3. The van der Waals surface area contributed by atoms with E-state index in [4.69, 9.17) is 9.15 Å². The highest BCUT2D eigenvalue weighted by atomic mass is 79.9. The molecule has 1 saturated carbocycles. The number of benzene rings is 1. The van der Waals surface area contributed by atoms with Gasteiger partial charge in [0.15, 0.2) is 4.67 Å². The van der Waals surface area contributed by atoms with Gasteiger partial charge in [0.2, 0.25) is 0 Å². The maximum atomic E-state index is 10.3. The topological polar surface area (TPSA) is 42.6 Å². The van der Waals surface area contributed by atoms with Crippen LogP contribution in [0.1, 0.15) is 30.1 Å². The van der Waals surface area contributed by atoms with E-state index in [1.165, 1.54) is 0 Å². The Balaban J connectivity index is 1.84. The molecule has 0 saturated heterocycles. The van der Waals surface area contributed by atoms with E-state index in [0.717, 1.165) is 29.7 Å². The van der Waals surface area contributed by atoms with Crippen LogP contribution in [0.25, 0.3) is 0 Å². The van der Waals surface area contributed by atoms with Gasteiger partial charge in [-0.15, -0.1) is 0 Å².